The molecule has 1 aliphatic rings. The van der Waals surface area contributed by atoms with Gasteiger partial charge < -0.3 is 5.73 Å². The van der Waals surface area contributed by atoms with Crippen LogP contribution in [0.25, 0.3) is 0 Å². The summed E-state index contributed by atoms with van der Waals surface area (Å²) in [4.78, 5) is 0.177. The van der Waals surface area contributed by atoms with E-state index in [-0.39, 0.29) is 16.0 Å². The van der Waals surface area contributed by atoms with Crippen LogP contribution >= 0.6 is 11.6 Å². The lowest BCUT2D eigenvalue weighted by molar-refractivity contribution is 0.285. The number of sulfonamides is 1. The average Bonchev–Trinajstić information content (AvgIpc) is 2.48. The molecule has 0 amide bonds. The molecule has 4 nitrogen and oxygen atoms in total. The van der Waals surface area contributed by atoms with Gasteiger partial charge in [-0.25, -0.2) is 13.1 Å². The number of nitrogens with two attached hydrogens (primary N) is 1. The maximum Gasteiger partial charge on any atom is 0.240 e. The minimum atomic E-state index is -3.55. The smallest absolute Gasteiger partial charge is 0.240 e. The Bertz CT molecular complexity index is 583. The van der Waals surface area contributed by atoms with Crippen LogP contribution in [0, 0.1) is 5.92 Å². The fraction of sp³-hybridized carbons (Fsp3) is 0.600. The van der Waals surface area contributed by atoms with Gasteiger partial charge in [0, 0.05) is 6.04 Å². The second-order valence-electron chi connectivity index (χ2n) is 5.72. The predicted molar refractivity (Wildman–Crippen MR) is 86.8 cm³/mol. The van der Waals surface area contributed by atoms with Crippen LogP contribution in [0.5, 0.6) is 0 Å². The van der Waals surface area contributed by atoms with Crippen molar-refractivity contribution in [3.63, 3.8) is 0 Å². The van der Waals surface area contributed by atoms with E-state index in [1.165, 1.54) is 37.5 Å². The largest absolute Gasteiger partial charge is 0.398 e. The van der Waals surface area contributed by atoms with Crippen LogP contribution in [0.4, 0.5) is 5.69 Å². The molecule has 0 heterocycles. The molecule has 0 spiro atoms. The molecule has 0 radical (unpaired) electrons. The Balaban J connectivity index is 2.16. The summed E-state index contributed by atoms with van der Waals surface area (Å²) in [5.41, 5.74) is 6.01. The molecule has 21 heavy (non-hydrogen) atoms. The number of nitrogen functional groups attached to an aromatic ring is 1. The van der Waals surface area contributed by atoms with Crippen molar-refractivity contribution in [3.8, 4) is 0 Å². The normalized spacial score (nSPS) is 18.6. The minimum absolute atomic E-state index is 0.00775. The summed E-state index contributed by atoms with van der Waals surface area (Å²) in [6, 6.07) is 4.43. The highest BCUT2D eigenvalue weighted by atomic mass is 35.5. The average molecular weight is 331 g/mol. The standard InChI is InChI=1S/C15H23ClN2O2S/c1-2-15(11-6-4-3-5-7-11)18-21(19,20)12-8-9-14(17)13(16)10-12/h8-11,15,18H,2-7,17H2,1H3. The van der Waals surface area contributed by atoms with Crippen molar-refractivity contribution >= 4 is 27.3 Å². The first-order chi connectivity index (χ1) is 9.94. The zero-order valence-corrected chi connectivity index (χ0v) is 13.9. The van der Waals surface area contributed by atoms with Gasteiger partial charge in [-0.3, -0.25) is 0 Å². The molecule has 0 saturated heterocycles. The summed E-state index contributed by atoms with van der Waals surface area (Å²) in [6.07, 6.45) is 6.64. The molecule has 1 unspecified atom stereocenters. The Morgan fingerprint density at radius 1 is 1.33 bits per heavy atom. The lowest BCUT2D eigenvalue weighted by Crippen LogP contribution is -2.40. The van der Waals surface area contributed by atoms with Gasteiger partial charge in [0.05, 0.1) is 15.6 Å². The van der Waals surface area contributed by atoms with Crippen molar-refractivity contribution in [2.24, 2.45) is 5.92 Å². The number of anilines is 1. The summed E-state index contributed by atoms with van der Waals surface area (Å²) in [7, 11) is -3.55. The van der Waals surface area contributed by atoms with Crippen LogP contribution in [-0.4, -0.2) is 14.5 Å². The lowest BCUT2D eigenvalue weighted by Gasteiger charge is -2.30. The van der Waals surface area contributed by atoms with Crippen LogP contribution in [0.2, 0.25) is 5.02 Å². The van der Waals surface area contributed by atoms with Crippen molar-refractivity contribution in [1.29, 1.82) is 0 Å². The third kappa shape index (κ3) is 4.11. The van der Waals surface area contributed by atoms with E-state index in [0.29, 0.717) is 11.6 Å². The summed E-state index contributed by atoms with van der Waals surface area (Å²) >= 11 is 5.92. The third-order valence-electron chi connectivity index (χ3n) is 4.25. The molecule has 0 aromatic heterocycles. The van der Waals surface area contributed by atoms with Gasteiger partial charge in [-0.05, 0) is 43.4 Å². The highest BCUT2D eigenvalue weighted by Gasteiger charge is 2.27. The lowest BCUT2D eigenvalue weighted by atomic mass is 9.83. The Morgan fingerprint density at radius 2 is 2.00 bits per heavy atom. The van der Waals surface area contributed by atoms with Crippen LogP contribution in [0.15, 0.2) is 23.1 Å². The maximum atomic E-state index is 12.5. The molecule has 3 N–H and O–H groups in total. The molecule has 1 fully saturated rings. The van der Waals surface area contributed by atoms with E-state index in [2.05, 4.69) is 4.72 Å². The van der Waals surface area contributed by atoms with Crippen LogP contribution in [0.3, 0.4) is 0 Å². The zero-order chi connectivity index (χ0) is 15.5. The fourth-order valence-electron chi connectivity index (χ4n) is 2.99. The van der Waals surface area contributed by atoms with E-state index >= 15 is 0 Å². The van der Waals surface area contributed by atoms with E-state index < -0.39 is 10.0 Å². The Morgan fingerprint density at radius 3 is 2.57 bits per heavy atom. The molecule has 0 aliphatic heterocycles. The molecular formula is C15H23ClN2O2S. The zero-order valence-electron chi connectivity index (χ0n) is 12.3. The van der Waals surface area contributed by atoms with Crippen molar-refractivity contribution in [1.82, 2.24) is 4.72 Å². The predicted octanol–water partition coefficient (Wildman–Crippen LogP) is 3.56. The van der Waals surface area contributed by atoms with Crippen molar-refractivity contribution < 1.29 is 8.42 Å². The monoisotopic (exact) mass is 330 g/mol. The number of hydrogen-bond acceptors (Lipinski definition) is 3. The molecule has 1 aliphatic carbocycles. The van der Waals surface area contributed by atoms with E-state index in [4.69, 9.17) is 17.3 Å². The first-order valence-electron chi connectivity index (χ1n) is 7.51. The van der Waals surface area contributed by atoms with E-state index in [0.717, 1.165) is 19.3 Å². The van der Waals surface area contributed by atoms with Gasteiger partial charge in [0.2, 0.25) is 10.0 Å². The number of nitrogens with one attached hydrogen (secondary N) is 1. The second kappa shape index (κ2) is 6.99. The molecule has 1 atom stereocenters. The van der Waals surface area contributed by atoms with Gasteiger partial charge in [0.1, 0.15) is 0 Å². The highest BCUT2D eigenvalue weighted by molar-refractivity contribution is 7.89. The first kappa shape index (κ1) is 16.6. The SMILES string of the molecule is CCC(NS(=O)(=O)c1ccc(N)c(Cl)c1)C1CCCCC1. The quantitative estimate of drug-likeness (QED) is 0.811. The Kier molecular flexibility index (Phi) is 5.52. The van der Waals surface area contributed by atoms with Gasteiger partial charge in [0.25, 0.3) is 0 Å². The van der Waals surface area contributed by atoms with Gasteiger partial charge in [-0.2, -0.15) is 0 Å². The molecule has 118 valence electrons. The molecule has 6 heteroatoms. The Labute approximate surface area is 132 Å². The molecule has 1 aromatic rings. The highest BCUT2D eigenvalue weighted by Crippen LogP contribution is 2.29. The number of rotatable bonds is 5. The van der Waals surface area contributed by atoms with Crippen LogP contribution < -0.4 is 10.5 Å². The topological polar surface area (TPSA) is 72.2 Å². The van der Waals surface area contributed by atoms with Crippen molar-refractivity contribution in [2.45, 2.75) is 56.4 Å². The summed E-state index contributed by atoms with van der Waals surface area (Å²) in [5.74, 6) is 0.433. The third-order valence-corrected chi connectivity index (χ3v) is 6.06. The molecule has 2 rings (SSSR count). The summed E-state index contributed by atoms with van der Waals surface area (Å²) in [6.45, 7) is 2.03. The van der Waals surface area contributed by atoms with E-state index in [1.54, 1.807) is 0 Å². The summed E-state index contributed by atoms with van der Waals surface area (Å²) in [5, 5.41) is 0.267. The first-order valence-corrected chi connectivity index (χ1v) is 9.37. The number of hydrogen-bond donors (Lipinski definition) is 2. The van der Waals surface area contributed by atoms with Crippen molar-refractivity contribution in [2.75, 3.05) is 5.73 Å². The van der Waals surface area contributed by atoms with Gasteiger partial charge in [0.15, 0.2) is 0 Å². The minimum Gasteiger partial charge on any atom is -0.398 e. The van der Waals surface area contributed by atoms with Gasteiger partial charge in [-0.1, -0.05) is 37.8 Å². The fourth-order valence-corrected chi connectivity index (χ4v) is 4.65. The van der Waals surface area contributed by atoms with E-state index in [1.807, 2.05) is 6.92 Å². The molecule has 1 saturated carbocycles. The van der Waals surface area contributed by atoms with E-state index in [9.17, 15) is 8.42 Å². The van der Waals surface area contributed by atoms with Crippen molar-refractivity contribution in [3.05, 3.63) is 23.2 Å². The molecule has 0 bridgehead atoms. The number of halogens is 1. The molecule has 1 aromatic carbocycles. The number of benzene rings is 1. The summed E-state index contributed by atoms with van der Waals surface area (Å²) < 4.78 is 27.8. The maximum absolute atomic E-state index is 12.5. The van der Waals surface area contributed by atoms with Gasteiger partial charge >= 0.3 is 0 Å². The second-order valence-corrected chi connectivity index (χ2v) is 7.84. The Hall–Kier alpha value is -0.780. The molecular weight excluding hydrogens is 308 g/mol. The van der Waals surface area contributed by atoms with Gasteiger partial charge in [-0.15, -0.1) is 0 Å². The van der Waals surface area contributed by atoms with Crippen LogP contribution in [0.1, 0.15) is 45.4 Å². The van der Waals surface area contributed by atoms with Crippen LogP contribution in [-0.2, 0) is 10.0 Å².